The van der Waals surface area contributed by atoms with Gasteiger partial charge in [0.2, 0.25) is 5.88 Å². The minimum absolute atomic E-state index is 0.0645. The third-order valence-electron chi connectivity index (χ3n) is 5.56. The van der Waals surface area contributed by atoms with Gasteiger partial charge in [-0.3, -0.25) is 4.68 Å². The highest BCUT2D eigenvalue weighted by atomic mass is 19.1. The number of halogens is 1. The quantitative estimate of drug-likeness (QED) is 0.737. The number of aryl methyl sites for hydroxylation is 1. The van der Waals surface area contributed by atoms with Gasteiger partial charge in [-0.2, -0.15) is 5.10 Å². The van der Waals surface area contributed by atoms with Crippen molar-refractivity contribution in [2.75, 3.05) is 18.0 Å². The molecule has 1 fully saturated rings. The van der Waals surface area contributed by atoms with Gasteiger partial charge >= 0.3 is 6.09 Å². The van der Waals surface area contributed by atoms with Crippen LogP contribution in [0.25, 0.3) is 0 Å². The maximum Gasteiger partial charge on any atom is 0.410 e. The highest BCUT2D eigenvalue weighted by Crippen LogP contribution is 2.32. The summed E-state index contributed by atoms with van der Waals surface area (Å²) in [4.78, 5) is 24.4. The zero-order valence-corrected chi connectivity index (χ0v) is 18.6. The van der Waals surface area contributed by atoms with Crippen LogP contribution in [0.15, 0.2) is 12.5 Å². The van der Waals surface area contributed by atoms with E-state index in [0.717, 1.165) is 17.1 Å². The van der Waals surface area contributed by atoms with Crippen LogP contribution in [-0.4, -0.2) is 61.7 Å². The number of ether oxygens (including phenoxy) is 2. The van der Waals surface area contributed by atoms with Gasteiger partial charge in [-0.15, -0.1) is 0 Å². The van der Waals surface area contributed by atoms with Crippen molar-refractivity contribution in [3.05, 3.63) is 29.3 Å². The molecule has 0 radical (unpaired) electrons. The van der Waals surface area contributed by atoms with E-state index in [1.165, 1.54) is 16.8 Å². The van der Waals surface area contributed by atoms with Crippen LogP contribution < -0.4 is 9.64 Å². The second kappa shape index (κ2) is 7.97. The molecule has 31 heavy (non-hydrogen) atoms. The molecule has 0 saturated carbocycles. The summed E-state index contributed by atoms with van der Waals surface area (Å²) >= 11 is 0. The Bertz CT molecular complexity index is 973. The zero-order valence-electron chi connectivity index (χ0n) is 18.6. The van der Waals surface area contributed by atoms with Crippen molar-refractivity contribution >= 4 is 11.9 Å². The molecule has 0 N–H and O–H groups in total. The average Bonchev–Trinajstić information content (AvgIpc) is 3.25. The van der Waals surface area contributed by atoms with Crippen molar-refractivity contribution in [2.45, 2.75) is 65.1 Å². The maximum absolute atomic E-state index is 14.9. The molecular weight excluding hydrogens is 403 g/mol. The minimum Gasteiger partial charge on any atom is -0.471 e. The zero-order chi connectivity index (χ0) is 22.3. The number of aromatic nitrogens is 4. The van der Waals surface area contributed by atoms with E-state index in [2.05, 4.69) is 20.0 Å². The minimum atomic E-state index is -1.33. The molecule has 4 rings (SSSR count). The molecule has 2 aromatic rings. The summed E-state index contributed by atoms with van der Waals surface area (Å²) in [5.41, 5.74) is 2.47. The van der Waals surface area contributed by atoms with Crippen molar-refractivity contribution in [2.24, 2.45) is 7.05 Å². The lowest BCUT2D eigenvalue weighted by atomic mass is 10.1. The Hall–Kier alpha value is -2.91. The summed E-state index contributed by atoms with van der Waals surface area (Å²) in [6, 6.07) is 0. The summed E-state index contributed by atoms with van der Waals surface area (Å²) in [6.45, 7) is 8.96. The third kappa shape index (κ3) is 4.42. The fraction of sp³-hybridized carbons (Fsp3) is 0.619. The van der Waals surface area contributed by atoms with Gasteiger partial charge in [0.15, 0.2) is 6.17 Å². The van der Waals surface area contributed by atoms with Gasteiger partial charge in [0.05, 0.1) is 30.5 Å². The van der Waals surface area contributed by atoms with Gasteiger partial charge in [-0.05, 0) is 27.7 Å². The number of likely N-dealkylation sites (tertiary alicyclic amines) is 1. The van der Waals surface area contributed by atoms with E-state index < -0.39 is 24.0 Å². The summed E-state index contributed by atoms with van der Waals surface area (Å²) < 4.78 is 28.0. The molecule has 4 heterocycles. The van der Waals surface area contributed by atoms with Crippen LogP contribution in [0.2, 0.25) is 0 Å². The first-order valence-corrected chi connectivity index (χ1v) is 10.5. The number of fused-ring (bicyclic) bond motifs is 1. The lowest BCUT2D eigenvalue weighted by molar-refractivity contribution is -0.0116. The van der Waals surface area contributed by atoms with Crippen LogP contribution in [0, 0.1) is 6.92 Å². The van der Waals surface area contributed by atoms with Gasteiger partial charge in [-0.25, -0.2) is 19.2 Å². The molecule has 0 aliphatic carbocycles. The van der Waals surface area contributed by atoms with E-state index in [1.54, 1.807) is 20.8 Å². The Morgan fingerprint density at radius 2 is 2.03 bits per heavy atom. The first-order valence-electron chi connectivity index (χ1n) is 10.5. The van der Waals surface area contributed by atoms with Crippen LogP contribution in [0.1, 0.15) is 44.0 Å². The fourth-order valence-corrected chi connectivity index (χ4v) is 3.95. The van der Waals surface area contributed by atoms with E-state index in [4.69, 9.17) is 9.47 Å². The number of hydrogen-bond donors (Lipinski definition) is 0. The van der Waals surface area contributed by atoms with Gasteiger partial charge in [0, 0.05) is 32.1 Å². The first-order chi connectivity index (χ1) is 14.6. The van der Waals surface area contributed by atoms with Gasteiger partial charge < -0.3 is 19.3 Å². The normalized spacial score (nSPS) is 21.2. The molecule has 10 heteroatoms. The van der Waals surface area contributed by atoms with Crippen LogP contribution in [0.3, 0.4) is 0 Å². The van der Waals surface area contributed by atoms with Crippen molar-refractivity contribution < 1.29 is 18.7 Å². The number of alkyl halides is 1. The summed E-state index contributed by atoms with van der Waals surface area (Å²) in [6.07, 6.45) is 1.16. The first kappa shape index (κ1) is 21.3. The second-order valence-electron chi connectivity index (χ2n) is 9.11. The van der Waals surface area contributed by atoms with Crippen molar-refractivity contribution in [3.63, 3.8) is 0 Å². The smallest absolute Gasteiger partial charge is 0.410 e. The van der Waals surface area contributed by atoms with E-state index in [1.807, 2.05) is 24.9 Å². The Morgan fingerprint density at radius 1 is 1.26 bits per heavy atom. The topological polar surface area (TPSA) is 85.6 Å². The summed E-state index contributed by atoms with van der Waals surface area (Å²) in [7, 11) is 1.93. The molecule has 0 unspecified atom stereocenters. The van der Waals surface area contributed by atoms with Gasteiger partial charge in [-0.1, -0.05) is 0 Å². The number of amides is 1. The van der Waals surface area contributed by atoms with Gasteiger partial charge in [0.25, 0.3) is 0 Å². The van der Waals surface area contributed by atoms with Crippen molar-refractivity contribution in [3.8, 4) is 5.88 Å². The number of piperidine rings is 1. The second-order valence-corrected chi connectivity index (χ2v) is 9.11. The lowest BCUT2D eigenvalue weighted by Crippen LogP contribution is -2.50. The monoisotopic (exact) mass is 432 g/mol. The van der Waals surface area contributed by atoms with Crippen molar-refractivity contribution in [1.82, 2.24) is 24.6 Å². The molecule has 168 valence electrons. The molecule has 0 aromatic carbocycles. The van der Waals surface area contributed by atoms with Crippen LogP contribution >= 0.6 is 0 Å². The highest BCUT2D eigenvalue weighted by molar-refractivity contribution is 5.68. The number of rotatable bonds is 3. The van der Waals surface area contributed by atoms with E-state index in [-0.39, 0.29) is 6.54 Å². The van der Waals surface area contributed by atoms with Gasteiger partial charge in [0.1, 0.15) is 23.9 Å². The van der Waals surface area contributed by atoms with E-state index in [0.29, 0.717) is 31.9 Å². The highest BCUT2D eigenvalue weighted by Gasteiger charge is 2.36. The number of nitrogens with zero attached hydrogens (tertiary/aromatic N) is 6. The number of carbonyl (C=O) groups excluding carboxylic acids is 1. The van der Waals surface area contributed by atoms with E-state index >= 15 is 0 Å². The van der Waals surface area contributed by atoms with Crippen LogP contribution in [0.4, 0.5) is 15.0 Å². The molecule has 2 aliphatic rings. The molecule has 1 saturated heterocycles. The Kier molecular flexibility index (Phi) is 5.49. The molecule has 2 atom stereocenters. The summed E-state index contributed by atoms with van der Waals surface area (Å²) in [5, 5.41) is 4.28. The predicted molar refractivity (Wildman–Crippen MR) is 112 cm³/mol. The van der Waals surface area contributed by atoms with Crippen LogP contribution in [-0.2, 0) is 24.9 Å². The number of carbonyl (C=O) groups is 1. The number of anilines is 1. The molecular formula is C21H29FN6O3. The number of hydrogen-bond acceptors (Lipinski definition) is 7. The third-order valence-corrected chi connectivity index (χ3v) is 5.56. The molecule has 2 aromatic heterocycles. The Labute approximate surface area is 181 Å². The Balaban J connectivity index is 1.41. The average molecular weight is 433 g/mol. The standard InChI is InChI=1S/C21H29FN6O3/c1-13-18(28-9-14-8-25-26(5)16(14)11-28)23-12-24-19(13)30-17-6-7-27(10-15(17)22)20(29)31-21(2,3)4/h8,12,15,17H,6-7,9-11H2,1-5H3/t15-,17-/m0/s1. The molecule has 0 bridgehead atoms. The SMILES string of the molecule is Cc1c(O[C@H]2CCN(C(=O)OC(C)(C)C)C[C@@H]2F)ncnc1N1Cc2cnn(C)c2C1. The molecule has 2 aliphatic heterocycles. The molecule has 0 spiro atoms. The van der Waals surface area contributed by atoms with Crippen molar-refractivity contribution in [1.29, 1.82) is 0 Å². The van der Waals surface area contributed by atoms with Crippen LogP contribution in [0.5, 0.6) is 5.88 Å². The maximum atomic E-state index is 14.9. The molecule has 1 amide bonds. The summed E-state index contributed by atoms with van der Waals surface area (Å²) in [5.74, 6) is 1.14. The predicted octanol–water partition coefficient (Wildman–Crippen LogP) is 2.77. The lowest BCUT2D eigenvalue weighted by Gasteiger charge is -2.35. The Morgan fingerprint density at radius 3 is 2.71 bits per heavy atom. The largest absolute Gasteiger partial charge is 0.471 e. The van der Waals surface area contributed by atoms with E-state index in [9.17, 15) is 9.18 Å². The molecule has 9 nitrogen and oxygen atoms in total. The fourth-order valence-electron chi connectivity index (χ4n) is 3.95.